The van der Waals surface area contributed by atoms with Crippen molar-refractivity contribution in [1.29, 1.82) is 0 Å². The molecule has 0 fully saturated rings. The van der Waals surface area contributed by atoms with Crippen molar-refractivity contribution in [2.75, 3.05) is 12.8 Å². The number of ether oxygens (including phenoxy) is 2. The highest BCUT2D eigenvalue weighted by molar-refractivity contribution is 6.30. The smallest absolute Gasteiger partial charge is 0.249 e. The van der Waals surface area contributed by atoms with Crippen molar-refractivity contribution in [3.8, 4) is 17.5 Å². The minimum Gasteiger partial charge on any atom is -0.479 e. The first kappa shape index (κ1) is 11.4. The van der Waals surface area contributed by atoms with E-state index in [-0.39, 0.29) is 17.4 Å². The minimum absolute atomic E-state index is 0.195. The van der Waals surface area contributed by atoms with Gasteiger partial charge in [0.15, 0.2) is 5.69 Å². The van der Waals surface area contributed by atoms with Crippen molar-refractivity contribution in [2.45, 2.75) is 0 Å². The third-order valence-electron chi connectivity index (χ3n) is 1.90. The molecule has 2 aromatic rings. The van der Waals surface area contributed by atoms with E-state index in [0.29, 0.717) is 10.8 Å². The fraction of sp³-hybridized carbons (Fsp3) is 0.100. The van der Waals surface area contributed by atoms with E-state index in [0.717, 1.165) is 0 Å². The number of pyridine rings is 1. The van der Waals surface area contributed by atoms with Crippen LogP contribution in [0.4, 0.5) is 5.69 Å². The Hall–Kier alpha value is -2.08. The largest absolute Gasteiger partial charge is 0.479 e. The Morgan fingerprint density at radius 2 is 2.00 bits per heavy atom. The van der Waals surface area contributed by atoms with Crippen LogP contribution in [0.2, 0.25) is 5.02 Å². The lowest BCUT2D eigenvalue weighted by atomic mass is 10.4. The van der Waals surface area contributed by atoms with Crippen LogP contribution in [0.1, 0.15) is 0 Å². The molecule has 2 aromatic heterocycles. The SMILES string of the molecule is COc1ncnc(Oc2cncc(Cl)c2)c1N. The summed E-state index contributed by atoms with van der Waals surface area (Å²) in [7, 11) is 1.46. The molecule has 17 heavy (non-hydrogen) atoms. The number of hydrogen-bond acceptors (Lipinski definition) is 6. The number of nitrogens with zero attached hydrogens (tertiary/aromatic N) is 3. The Morgan fingerprint density at radius 1 is 1.24 bits per heavy atom. The van der Waals surface area contributed by atoms with Crippen LogP contribution in [0, 0.1) is 0 Å². The van der Waals surface area contributed by atoms with Crippen LogP contribution in [0.5, 0.6) is 17.5 Å². The van der Waals surface area contributed by atoms with Gasteiger partial charge in [-0.3, -0.25) is 4.98 Å². The van der Waals surface area contributed by atoms with Gasteiger partial charge in [0.25, 0.3) is 0 Å². The molecule has 2 heterocycles. The Bertz CT molecular complexity index is 535. The molecule has 0 aliphatic heterocycles. The molecule has 7 heteroatoms. The van der Waals surface area contributed by atoms with E-state index in [9.17, 15) is 0 Å². The van der Waals surface area contributed by atoms with E-state index in [1.54, 1.807) is 6.07 Å². The number of halogens is 1. The summed E-state index contributed by atoms with van der Waals surface area (Å²) >= 11 is 5.78. The molecule has 2 N–H and O–H groups in total. The zero-order chi connectivity index (χ0) is 12.3. The van der Waals surface area contributed by atoms with Crippen molar-refractivity contribution in [3.05, 3.63) is 29.8 Å². The van der Waals surface area contributed by atoms with Crippen LogP contribution in [0.15, 0.2) is 24.8 Å². The standard InChI is InChI=1S/C10H9ClN4O2/c1-16-9-8(12)10(15-5-14-9)17-7-2-6(11)3-13-4-7/h2-5H,12H2,1H3. The summed E-state index contributed by atoms with van der Waals surface area (Å²) in [6.07, 6.45) is 4.29. The maximum absolute atomic E-state index is 5.78. The lowest BCUT2D eigenvalue weighted by Crippen LogP contribution is -2.00. The predicted molar refractivity (Wildman–Crippen MR) is 62.3 cm³/mol. The van der Waals surface area contributed by atoms with Gasteiger partial charge in [-0.05, 0) is 0 Å². The number of nitrogen functional groups attached to an aromatic ring is 1. The highest BCUT2D eigenvalue weighted by Crippen LogP contribution is 2.30. The van der Waals surface area contributed by atoms with Crippen LogP contribution in [0.3, 0.4) is 0 Å². The quantitative estimate of drug-likeness (QED) is 0.898. The van der Waals surface area contributed by atoms with E-state index >= 15 is 0 Å². The zero-order valence-corrected chi connectivity index (χ0v) is 9.68. The van der Waals surface area contributed by atoms with Crippen LogP contribution in [-0.4, -0.2) is 22.1 Å². The van der Waals surface area contributed by atoms with Crippen LogP contribution in [-0.2, 0) is 0 Å². The van der Waals surface area contributed by atoms with Gasteiger partial charge in [-0.1, -0.05) is 11.6 Å². The number of rotatable bonds is 3. The zero-order valence-electron chi connectivity index (χ0n) is 8.92. The van der Waals surface area contributed by atoms with Crippen molar-refractivity contribution in [2.24, 2.45) is 0 Å². The van der Waals surface area contributed by atoms with Gasteiger partial charge in [-0.2, -0.15) is 9.97 Å². The van der Waals surface area contributed by atoms with Gasteiger partial charge >= 0.3 is 0 Å². The Labute approximate surface area is 102 Å². The lowest BCUT2D eigenvalue weighted by molar-refractivity contribution is 0.391. The molecule has 0 atom stereocenters. The topological polar surface area (TPSA) is 83.2 Å². The van der Waals surface area contributed by atoms with Gasteiger partial charge in [-0.15, -0.1) is 0 Å². The molecule has 0 aromatic carbocycles. The summed E-state index contributed by atoms with van der Waals surface area (Å²) < 4.78 is 10.4. The second kappa shape index (κ2) is 4.84. The fourth-order valence-electron chi connectivity index (χ4n) is 1.17. The molecule has 0 saturated carbocycles. The first-order valence-electron chi connectivity index (χ1n) is 4.63. The second-order valence-corrected chi connectivity index (χ2v) is 3.48. The number of anilines is 1. The van der Waals surface area contributed by atoms with E-state index < -0.39 is 0 Å². The molecule has 0 spiro atoms. The second-order valence-electron chi connectivity index (χ2n) is 3.04. The molecule has 0 unspecified atom stereocenters. The van der Waals surface area contributed by atoms with Gasteiger partial charge in [0.1, 0.15) is 12.1 Å². The van der Waals surface area contributed by atoms with Crippen molar-refractivity contribution in [3.63, 3.8) is 0 Å². The van der Waals surface area contributed by atoms with Crippen molar-refractivity contribution < 1.29 is 9.47 Å². The van der Waals surface area contributed by atoms with Crippen molar-refractivity contribution in [1.82, 2.24) is 15.0 Å². The Balaban J connectivity index is 2.30. The van der Waals surface area contributed by atoms with Crippen LogP contribution >= 0.6 is 11.6 Å². The van der Waals surface area contributed by atoms with Gasteiger partial charge in [0.2, 0.25) is 11.8 Å². The lowest BCUT2D eigenvalue weighted by Gasteiger charge is -2.08. The number of hydrogen-bond donors (Lipinski definition) is 1. The number of nitrogens with two attached hydrogens (primary N) is 1. The summed E-state index contributed by atoms with van der Waals surface area (Å²) in [5.41, 5.74) is 5.97. The summed E-state index contributed by atoms with van der Waals surface area (Å²) in [6, 6.07) is 1.60. The molecular weight excluding hydrogens is 244 g/mol. The third-order valence-corrected chi connectivity index (χ3v) is 2.11. The highest BCUT2D eigenvalue weighted by Gasteiger charge is 2.10. The molecule has 88 valence electrons. The van der Waals surface area contributed by atoms with Gasteiger partial charge in [-0.25, -0.2) is 0 Å². The number of methoxy groups -OCH3 is 1. The van der Waals surface area contributed by atoms with Crippen LogP contribution < -0.4 is 15.2 Å². The van der Waals surface area contributed by atoms with E-state index in [2.05, 4.69) is 15.0 Å². The predicted octanol–water partition coefficient (Wildman–Crippen LogP) is 1.91. The monoisotopic (exact) mass is 252 g/mol. The Kier molecular flexibility index (Phi) is 3.24. The first-order valence-corrected chi connectivity index (χ1v) is 5.01. The minimum atomic E-state index is 0.195. The molecule has 2 rings (SSSR count). The van der Waals surface area contributed by atoms with Gasteiger partial charge in [0, 0.05) is 12.3 Å². The van der Waals surface area contributed by atoms with Crippen LogP contribution in [0.25, 0.3) is 0 Å². The van der Waals surface area contributed by atoms with E-state index in [4.69, 9.17) is 26.8 Å². The Morgan fingerprint density at radius 3 is 2.71 bits per heavy atom. The molecule has 0 amide bonds. The maximum Gasteiger partial charge on any atom is 0.249 e. The number of aromatic nitrogens is 3. The maximum atomic E-state index is 5.78. The molecule has 0 saturated heterocycles. The summed E-state index contributed by atoms with van der Waals surface area (Å²) in [6.45, 7) is 0. The average Bonchev–Trinajstić information content (AvgIpc) is 2.32. The molecule has 0 radical (unpaired) electrons. The summed E-state index contributed by atoms with van der Waals surface area (Å²) in [4.78, 5) is 11.6. The molecule has 0 aliphatic rings. The first-order chi connectivity index (χ1) is 8.20. The molecule has 0 aliphatic carbocycles. The van der Waals surface area contributed by atoms with Gasteiger partial charge in [0.05, 0.1) is 18.3 Å². The van der Waals surface area contributed by atoms with E-state index in [1.807, 2.05) is 0 Å². The third kappa shape index (κ3) is 2.54. The van der Waals surface area contributed by atoms with E-state index in [1.165, 1.54) is 25.8 Å². The summed E-state index contributed by atoms with van der Waals surface area (Å²) in [5, 5.41) is 0.460. The molecule has 6 nitrogen and oxygen atoms in total. The highest BCUT2D eigenvalue weighted by atomic mass is 35.5. The normalized spacial score (nSPS) is 10.0. The summed E-state index contributed by atoms with van der Waals surface area (Å²) in [5.74, 6) is 0.885. The molecule has 0 bridgehead atoms. The molecular formula is C10H9ClN4O2. The van der Waals surface area contributed by atoms with Crippen molar-refractivity contribution >= 4 is 17.3 Å². The average molecular weight is 253 g/mol. The fourth-order valence-corrected chi connectivity index (χ4v) is 1.33. The van der Waals surface area contributed by atoms with Gasteiger partial charge < -0.3 is 15.2 Å².